The number of benzene rings is 1. The first kappa shape index (κ1) is 15.5. The quantitative estimate of drug-likeness (QED) is 0.798. The summed E-state index contributed by atoms with van der Waals surface area (Å²) in [6.45, 7) is 0.714. The number of carbonyl (C=O) groups is 1. The molecule has 1 aromatic rings. The van der Waals surface area contributed by atoms with Crippen LogP contribution in [0.4, 0.5) is 0 Å². The van der Waals surface area contributed by atoms with Crippen molar-refractivity contribution in [3.05, 3.63) is 46.5 Å². The SMILES string of the molecule is O=C(CSCc1ccccc1Cl)NCC1=CCCCC1. The zero-order chi connectivity index (χ0) is 14.2. The summed E-state index contributed by atoms with van der Waals surface area (Å²) in [6, 6.07) is 7.77. The lowest BCUT2D eigenvalue weighted by Crippen LogP contribution is -2.27. The van der Waals surface area contributed by atoms with Crippen molar-refractivity contribution in [1.29, 1.82) is 0 Å². The first-order valence-electron chi connectivity index (χ1n) is 7.01. The predicted octanol–water partition coefficient (Wildman–Crippen LogP) is 4.19. The van der Waals surface area contributed by atoms with Crippen LogP contribution in [-0.2, 0) is 10.5 Å². The third-order valence-electron chi connectivity index (χ3n) is 3.35. The van der Waals surface area contributed by atoms with Gasteiger partial charge in [0.15, 0.2) is 0 Å². The van der Waals surface area contributed by atoms with Crippen molar-refractivity contribution in [2.75, 3.05) is 12.3 Å². The van der Waals surface area contributed by atoms with Gasteiger partial charge in [0.05, 0.1) is 5.75 Å². The molecular formula is C16H20ClNOS. The fourth-order valence-electron chi connectivity index (χ4n) is 2.20. The van der Waals surface area contributed by atoms with Crippen LogP contribution in [0.1, 0.15) is 31.2 Å². The number of halogens is 1. The average Bonchev–Trinajstić information content (AvgIpc) is 2.48. The lowest BCUT2D eigenvalue weighted by molar-refractivity contribution is -0.118. The molecule has 2 rings (SSSR count). The van der Waals surface area contributed by atoms with Gasteiger partial charge in [0, 0.05) is 17.3 Å². The maximum atomic E-state index is 11.8. The van der Waals surface area contributed by atoms with Gasteiger partial charge in [-0.2, -0.15) is 0 Å². The minimum Gasteiger partial charge on any atom is -0.352 e. The Hall–Kier alpha value is -0.930. The number of carbonyl (C=O) groups excluding carboxylic acids is 1. The molecular weight excluding hydrogens is 290 g/mol. The molecule has 1 N–H and O–H groups in total. The summed E-state index contributed by atoms with van der Waals surface area (Å²) in [4.78, 5) is 11.8. The molecule has 0 aromatic heterocycles. The molecule has 2 nitrogen and oxygen atoms in total. The Kier molecular flexibility index (Phi) is 6.48. The zero-order valence-electron chi connectivity index (χ0n) is 11.5. The molecule has 0 aliphatic heterocycles. The van der Waals surface area contributed by atoms with Gasteiger partial charge in [-0.05, 0) is 37.3 Å². The molecule has 0 radical (unpaired) electrons. The van der Waals surface area contributed by atoms with Gasteiger partial charge in [0.2, 0.25) is 5.91 Å². The van der Waals surface area contributed by atoms with E-state index in [9.17, 15) is 4.79 Å². The molecule has 0 fully saturated rings. The Morgan fingerprint density at radius 3 is 2.90 bits per heavy atom. The second-order valence-electron chi connectivity index (χ2n) is 4.97. The summed E-state index contributed by atoms with van der Waals surface area (Å²) < 4.78 is 0. The lowest BCUT2D eigenvalue weighted by atomic mass is 10.00. The average molecular weight is 310 g/mol. The van der Waals surface area contributed by atoms with Crippen molar-refractivity contribution in [1.82, 2.24) is 5.32 Å². The minimum absolute atomic E-state index is 0.105. The van der Waals surface area contributed by atoms with Gasteiger partial charge >= 0.3 is 0 Å². The topological polar surface area (TPSA) is 29.1 Å². The van der Waals surface area contributed by atoms with Crippen molar-refractivity contribution in [3.8, 4) is 0 Å². The van der Waals surface area contributed by atoms with E-state index >= 15 is 0 Å². The molecule has 0 bridgehead atoms. The largest absolute Gasteiger partial charge is 0.352 e. The number of thioether (sulfide) groups is 1. The van der Waals surface area contributed by atoms with Crippen LogP contribution >= 0.6 is 23.4 Å². The molecule has 0 heterocycles. The van der Waals surface area contributed by atoms with Crippen molar-refractivity contribution < 1.29 is 4.79 Å². The number of nitrogens with one attached hydrogen (secondary N) is 1. The molecule has 1 aliphatic carbocycles. The molecule has 0 saturated carbocycles. The molecule has 20 heavy (non-hydrogen) atoms. The van der Waals surface area contributed by atoms with Gasteiger partial charge in [-0.15, -0.1) is 11.8 Å². The molecule has 1 amide bonds. The standard InChI is InChI=1S/C16H20ClNOS/c17-15-9-5-4-8-14(15)11-20-12-16(19)18-10-13-6-2-1-3-7-13/h4-6,8-9H,1-3,7,10-12H2,(H,18,19). The van der Waals surface area contributed by atoms with Gasteiger partial charge in [-0.25, -0.2) is 0 Å². The van der Waals surface area contributed by atoms with Crippen LogP contribution in [0.3, 0.4) is 0 Å². The Morgan fingerprint density at radius 2 is 2.15 bits per heavy atom. The normalized spacial score (nSPS) is 14.8. The van der Waals surface area contributed by atoms with Crippen LogP contribution < -0.4 is 5.32 Å². The monoisotopic (exact) mass is 309 g/mol. The number of allylic oxidation sites excluding steroid dienone is 1. The third kappa shape index (κ3) is 5.22. The Balaban J connectivity index is 1.65. The third-order valence-corrected chi connectivity index (χ3v) is 4.70. The number of hydrogen-bond donors (Lipinski definition) is 1. The van der Waals surface area contributed by atoms with E-state index in [4.69, 9.17) is 11.6 Å². The molecule has 1 aromatic carbocycles. The van der Waals surface area contributed by atoms with Gasteiger partial charge in [-0.1, -0.05) is 41.4 Å². The molecule has 108 valence electrons. The second-order valence-corrected chi connectivity index (χ2v) is 6.36. The van der Waals surface area contributed by atoms with E-state index in [1.165, 1.54) is 18.4 Å². The molecule has 1 aliphatic rings. The van der Waals surface area contributed by atoms with E-state index in [2.05, 4.69) is 11.4 Å². The van der Waals surface area contributed by atoms with Gasteiger partial charge in [0.25, 0.3) is 0 Å². The van der Waals surface area contributed by atoms with Crippen LogP contribution in [0.15, 0.2) is 35.9 Å². The Labute approximate surface area is 130 Å². The summed E-state index contributed by atoms with van der Waals surface area (Å²) in [5, 5.41) is 3.76. The fourth-order valence-corrected chi connectivity index (χ4v) is 3.34. The molecule has 0 unspecified atom stereocenters. The molecule has 4 heteroatoms. The van der Waals surface area contributed by atoms with Gasteiger partial charge < -0.3 is 5.32 Å². The maximum absolute atomic E-state index is 11.8. The van der Waals surface area contributed by atoms with Crippen molar-refractivity contribution >= 4 is 29.3 Å². The van der Waals surface area contributed by atoms with Crippen LogP contribution in [0.2, 0.25) is 5.02 Å². The maximum Gasteiger partial charge on any atom is 0.230 e. The highest BCUT2D eigenvalue weighted by Gasteiger charge is 2.07. The van der Waals surface area contributed by atoms with E-state index in [-0.39, 0.29) is 5.91 Å². The highest BCUT2D eigenvalue weighted by molar-refractivity contribution is 7.99. The Bertz CT molecular complexity index is 487. The van der Waals surface area contributed by atoms with Crippen LogP contribution in [0.5, 0.6) is 0 Å². The van der Waals surface area contributed by atoms with Crippen molar-refractivity contribution in [2.45, 2.75) is 31.4 Å². The number of hydrogen-bond acceptors (Lipinski definition) is 2. The molecule has 0 saturated heterocycles. The van der Waals surface area contributed by atoms with Crippen molar-refractivity contribution in [2.24, 2.45) is 0 Å². The van der Waals surface area contributed by atoms with Crippen LogP contribution in [0.25, 0.3) is 0 Å². The van der Waals surface area contributed by atoms with E-state index in [0.717, 1.165) is 29.2 Å². The zero-order valence-corrected chi connectivity index (χ0v) is 13.1. The summed E-state index contributed by atoms with van der Waals surface area (Å²) in [5.41, 5.74) is 2.46. The van der Waals surface area contributed by atoms with E-state index in [1.54, 1.807) is 11.8 Å². The first-order valence-corrected chi connectivity index (χ1v) is 8.55. The van der Waals surface area contributed by atoms with E-state index in [1.807, 2.05) is 24.3 Å². The minimum atomic E-state index is 0.105. The van der Waals surface area contributed by atoms with Gasteiger partial charge in [0.1, 0.15) is 0 Å². The summed E-state index contributed by atoms with van der Waals surface area (Å²) >= 11 is 7.68. The fraction of sp³-hybridized carbons (Fsp3) is 0.438. The predicted molar refractivity (Wildman–Crippen MR) is 87.2 cm³/mol. The summed E-state index contributed by atoms with van der Waals surface area (Å²) in [5.74, 6) is 1.36. The number of amides is 1. The highest BCUT2D eigenvalue weighted by Crippen LogP contribution is 2.20. The summed E-state index contributed by atoms with van der Waals surface area (Å²) in [7, 11) is 0. The van der Waals surface area contributed by atoms with E-state index in [0.29, 0.717) is 12.3 Å². The first-order chi connectivity index (χ1) is 9.75. The smallest absolute Gasteiger partial charge is 0.230 e. The second kappa shape index (κ2) is 8.38. The molecule has 0 atom stereocenters. The summed E-state index contributed by atoms with van der Waals surface area (Å²) in [6.07, 6.45) is 7.09. The molecule has 0 spiro atoms. The highest BCUT2D eigenvalue weighted by atomic mass is 35.5. The Morgan fingerprint density at radius 1 is 1.30 bits per heavy atom. The van der Waals surface area contributed by atoms with Crippen LogP contribution in [-0.4, -0.2) is 18.2 Å². The van der Waals surface area contributed by atoms with Crippen LogP contribution in [0, 0.1) is 0 Å². The van der Waals surface area contributed by atoms with Gasteiger partial charge in [-0.3, -0.25) is 4.79 Å². The van der Waals surface area contributed by atoms with E-state index < -0.39 is 0 Å². The number of rotatable bonds is 6. The lowest BCUT2D eigenvalue weighted by Gasteiger charge is -2.13. The van der Waals surface area contributed by atoms with Crippen molar-refractivity contribution in [3.63, 3.8) is 0 Å².